The van der Waals surface area contributed by atoms with Crippen molar-refractivity contribution < 1.29 is 9.90 Å². The Balaban J connectivity index is 2.00. The molecule has 4 aromatic rings. The lowest BCUT2D eigenvalue weighted by atomic mass is 10.1. The summed E-state index contributed by atoms with van der Waals surface area (Å²) in [7, 11) is 0. The lowest BCUT2D eigenvalue weighted by Gasteiger charge is -2.13. The molecule has 0 saturated carbocycles. The van der Waals surface area contributed by atoms with Crippen molar-refractivity contribution in [3.63, 3.8) is 0 Å². The second kappa shape index (κ2) is 7.34. The zero-order valence-electron chi connectivity index (χ0n) is 15.4. The summed E-state index contributed by atoms with van der Waals surface area (Å²) < 4.78 is 1.54. The molecule has 142 valence electrons. The third-order valence-electron chi connectivity index (χ3n) is 4.67. The SMILES string of the molecule is Cc1c(C(=O)O)sc2nc(-c3ccccc3)n(Cc3cccc(C#N)c3)c(=O)c12. The highest BCUT2D eigenvalue weighted by molar-refractivity contribution is 7.20. The third-order valence-corrected chi connectivity index (χ3v) is 5.85. The second-order valence-corrected chi connectivity index (χ2v) is 7.55. The van der Waals surface area contributed by atoms with Gasteiger partial charge in [0.15, 0.2) is 0 Å². The molecular formula is C22H15N3O3S. The van der Waals surface area contributed by atoms with E-state index < -0.39 is 5.97 Å². The van der Waals surface area contributed by atoms with E-state index in [1.54, 1.807) is 29.7 Å². The summed E-state index contributed by atoms with van der Waals surface area (Å²) >= 11 is 1.01. The number of carboxylic acids is 1. The molecule has 0 atom stereocenters. The first kappa shape index (κ1) is 18.6. The molecule has 2 heterocycles. The molecule has 0 fully saturated rings. The quantitative estimate of drug-likeness (QED) is 0.556. The van der Waals surface area contributed by atoms with Crippen LogP contribution in [0.4, 0.5) is 0 Å². The topological polar surface area (TPSA) is 96.0 Å². The highest BCUT2D eigenvalue weighted by Gasteiger charge is 2.21. The van der Waals surface area contributed by atoms with Gasteiger partial charge < -0.3 is 5.11 Å². The van der Waals surface area contributed by atoms with Gasteiger partial charge in [-0.2, -0.15) is 5.26 Å². The molecule has 0 aliphatic heterocycles. The third kappa shape index (κ3) is 3.30. The first-order valence-electron chi connectivity index (χ1n) is 8.81. The number of aryl methyl sites for hydroxylation is 1. The maximum atomic E-state index is 13.4. The molecule has 0 bridgehead atoms. The maximum Gasteiger partial charge on any atom is 0.346 e. The first-order valence-corrected chi connectivity index (χ1v) is 9.63. The van der Waals surface area contributed by atoms with Crippen LogP contribution in [0.5, 0.6) is 0 Å². The summed E-state index contributed by atoms with van der Waals surface area (Å²) in [4.78, 5) is 30.1. The summed E-state index contributed by atoms with van der Waals surface area (Å²) in [6.45, 7) is 1.85. The molecule has 0 unspecified atom stereocenters. The van der Waals surface area contributed by atoms with E-state index in [1.807, 2.05) is 36.4 Å². The molecule has 0 aliphatic carbocycles. The van der Waals surface area contributed by atoms with Crippen molar-refractivity contribution in [2.24, 2.45) is 0 Å². The minimum absolute atomic E-state index is 0.118. The smallest absolute Gasteiger partial charge is 0.346 e. The van der Waals surface area contributed by atoms with E-state index in [0.717, 1.165) is 22.5 Å². The number of rotatable bonds is 4. The van der Waals surface area contributed by atoms with Gasteiger partial charge in [0.2, 0.25) is 0 Å². The Morgan fingerprint density at radius 2 is 1.97 bits per heavy atom. The minimum atomic E-state index is -1.07. The zero-order chi connectivity index (χ0) is 20.5. The van der Waals surface area contributed by atoms with E-state index in [2.05, 4.69) is 11.1 Å². The number of aromatic nitrogens is 2. The standard InChI is InChI=1S/C22H15N3O3S/c1-13-17-20(29-18(13)22(27)28)24-19(16-8-3-2-4-9-16)25(21(17)26)12-15-7-5-6-14(10-15)11-23/h2-10H,12H2,1H3,(H,27,28). The fourth-order valence-corrected chi connectivity index (χ4v) is 4.31. The number of benzene rings is 2. The maximum absolute atomic E-state index is 13.4. The number of hydrogen-bond donors (Lipinski definition) is 1. The summed E-state index contributed by atoms with van der Waals surface area (Å²) in [5, 5.41) is 18.9. The molecule has 0 saturated heterocycles. The van der Waals surface area contributed by atoms with Crippen molar-refractivity contribution in [2.75, 3.05) is 0 Å². The van der Waals surface area contributed by atoms with Gasteiger partial charge in [-0.25, -0.2) is 9.78 Å². The lowest BCUT2D eigenvalue weighted by Crippen LogP contribution is -2.24. The Morgan fingerprint density at radius 3 is 2.66 bits per heavy atom. The van der Waals surface area contributed by atoms with Crippen molar-refractivity contribution in [1.82, 2.24) is 9.55 Å². The molecule has 6 nitrogen and oxygen atoms in total. The molecule has 29 heavy (non-hydrogen) atoms. The van der Waals surface area contributed by atoms with Crippen molar-refractivity contribution >= 4 is 27.5 Å². The first-order chi connectivity index (χ1) is 14.0. The number of thiophene rings is 1. The van der Waals surface area contributed by atoms with Gasteiger partial charge in [-0.05, 0) is 30.2 Å². The predicted octanol–water partition coefficient (Wildman–Crippen LogP) is 4.05. The average molecular weight is 401 g/mol. The normalized spacial score (nSPS) is 10.8. The summed E-state index contributed by atoms with van der Waals surface area (Å²) in [6.07, 6.45) is 0. The molecule has 2 aromatic carbocycles. The zero-order valence-corrected chi connectivity index (χ0v) is 16.2. The lowest BCUT2D eigenvalue weighted by molar-refractivity contribution is 0.0701. The van der Waals surface area contributed by atoms with Crippen molar-refractivity contribution in [1.29, 1.82) is 5.26 Å². The van der Waals surface area contributed by atoms with Gasteiger partial charge in [-0.3, -0.25) is 9.36 Å². The second-order valence-electron chi connectivity index (χ2n) is 6.55. The Hall–Kier alpha value is -3.76. The fraction of sp³-hybridized carbons (Fsp3) is 0.0909. The van der Waals surface area contributed by atoms with Crippen LogP contribution < -0.4 is 5.56 Å². The van der Waals surface area contributed by atoms with E-state index in [0.29, 0.717) is 27.2 Å². The van der Waals surface area contributed by atoms with Gasteiger partial charge >= 0.3 is 5.97 Å². The van der Waals surface area contributed by atoms with Crippen LogP contribution in [0, 0.1) is 18.3 Å². The summed E-state index contributed by atoms with van der Waals surface area (Å²) in [5.74, 6) is -0.608. The van der Waals surface area contributed by atoms with Crippen LogP contribution >= 0.6 is 11.3 Å². The summed E-state index contributed by atoms with van der Waals surface area (Å²) in [5.41, 5.74) is 2.18. The molecule has 4 rings (SSSR count). The minimum Gasteiger partial charge on any atom is -0.477 e. The van der Waals surface area contributed by atoms with Gasteiger partial charge in [0.05, 0.1) is 23.6 Å². The number of nitriles is 1. The van der Waals surface area contributed by atoms with E-state index in [-0.39, 0.29) is 17.0 Å². The molecule has 7 heteroatoms. The van der Waals surface area contributed by atoms with Crippen LogP contribution in [0.3, 0.4) is 0 Å². The van der Waals surface area contributed by atoms with Crippen LogP contribution in [0.1, 0.15) is 26.4 Å². The van der Waals surface area contributed by atoms with Gasteiger partial charge in [0, 0.05) is 5.56 Å². The Morgan fingerprint density at radius 1 is 1.21 bits per heavy atom. The predicted molar refractivity (Wildman–Crippen MR) is 111 cm³/mol. The molecule has 0 radical (unpaired) electrons. The monoisotopic (exact) mass is 401 g/mol. The Labute approximate surface area is 169 Å². The highest BCUT2D eigenvalue weighted by atomic mass is 32.1. The van der Waals surface area contributed by atoms with Crippen LogP contribution in [-0.4, -0.2) is 20.6 Å². The van der Waals surface area contributed by atoms with E-state index in [4.69, 9.17) is 5.26 Å². The fourth-order valence-electron chi connectivity index (χ4n) is 3.30. The van der Waals surface area contributed by atoms with E-state index >= 15 is 0 Å². The van der Waals surface area contributed by atoms with Crippen molar-refractivity contribution in [3.05, 3.63) is 86.5 Å². The molecular weight excluding hydrogens is 386 g/mol. The van der Waals surface area contributed by atoms with E-state index in [9.17, 15) is 14.7 Å². The average Bonchev–Trinajstić information content (AvgIpc) is 3.07. The van der Waals surface area contributed by atoms with Gasteiger partial charge in [-0.1, -0.05) is 42.5 Å². The Bertz CT molecular complexity index is 1350. The van der Waals surface area contributed by atoms with Gasteiger partial charge in [-0.15, -0.1) is 11.3 Å². The molecule has 0 aliphatic rings. The highest BCUT2D eigenvalue weighted by Crippen LogP contribution is 2.29. The number of aromatic carboxylic acids is 1. The van der Waals surface area contributed by atoms with Crippen molar-refractivity contribution in [3.8, 4) is 17.5 Å². The molecule has 1 N–H and O–H groups in total. The van der Waals surface area contributed by atoms with Crippen LogP contribution in [-0.2, 0) is 6.54 Å². The largest absolute Gasteiger partial charge is 0.477 e. The molecule has 0 amide bonds. The van der Waals surface area contributed by atoms with Crippen molar-refractivity contribution in [2.45, 2.75) is 13.5 Å². The number of carbonyl (C=O) groups is 1. The van der Waals surface area contributed by atoms with Crippen LogP contribution in [0.25, 0.3) is 21.6 Å². The van der Waals surface area contributed by atoms with Crippen LogP contribution in [0.2, 0.25) is 0 Å². The number of nitrogens with zero attached hydrogens (tertiary/aromatic N) is 3. The summed E-state index contributed by atoms with van der Waals surface area (Å²) in [6, 6.07) is 18.4. The Kier molecular flexibility index (Phi) is 4.71. The van der Waals surface area contributed by atoms with Gasteiger partial charge in [0.25, 0.3) is 5.56 Å². The molecule has 2 aromatic heterocycles. The molecule has 0 spiro atoms. The van der Waals surface area contributed by atoms with Crippen LogP contribution in [0.15, 0.2) is 59.4 Å². The number of hydrogen-bond acceptors (Lipinski definition) is 5. The van der Waals surface area contributed by atoms with E-state index in [1.165, 1.54) is 0 Å². The number of carboxylic acid groups (broad SMARTS) is 1. The number of fused-ring (bicyclic) bond motifs is 1. The van der Waals surface area contributed by atoms with Gasteiger partial charge in [0.1, 0.15) is 15.5 Å².